The molecular formula is C24H20N4O3S. The van der Waals surface area contributed by atoms with Crippen molar-refractivity contribution in [3.63, 3.8) is 0 Å². The van der Waals surface area contributed by atoms with Crippen molar-refractivity contribution in [2.75, 3.05) is 14.2 Å². The fraction of sp³-hybridized carbons (Fsp3) is 0.167. The van der Waals surface area contributed by atoms with Gasteiger partial charge in [-0.15, -0.1) is 11.3 Å². The van der Waals surface area contributed by atoms with Gasteiger partial charge in [0.05, 0.1) is 47.7 Å². The van der Waals surface area contributed by atoms with E-state index in [1.54, 1.807) is 26.5 Å². The predicted octanol–water partition coefficient (Wildman–Crippen LogP) is 4.70. The molecule has 2 aromatic heterocycles. The minimum Gasteiger partial charge on any atom is -0.493 e. The molecule has 1 atom stereocenters. The summed E-state index contributed by atoms with van der Waals surface area (Å²) in [5, 5.41) is 8.13. The molecule has 0 saturated carbocycles. The van der Waals surface area contributed by atoms with Crippen molar-refractivity contribution < 1.29 is 14.3 Å². The third-order valence-electron chi connectivity index (χ3n) is 5.38. The van der Waals surface area contributed by atoms with Gasteiger partial charge >= 0.3 is 0 Å². The Balaban J connectivity index is 1.56. The van der Waals surface area contributed by atoms with Crippen LogP contribution in [0.2, 0.25) is 0 Å². The van der Waals surface area contributed by atoms with Crippen LogP contribution in [0.15, 0.2) is 71.3 Å². The number of para-hydroxylation sites is 2. The predicted molar refractivity (Wildman–Crippen MR) is 123 cm³/mol. The van der Waals surface area contributed by atoms with E-state index in [0.29, 0.717) is 28.5 Å². The summed E-state index contributed by atoms with van der Waals surface area (Å²) in [5.41, 5.74) is 3.94. The summed E-state index contributed by atoms with van der Waals surface area (Å²) < 4.78 is 10.8. The molecule has 1 amide bonds. The lowest BCUT2D eigenvalue weighted by molar-refractivity contribution is 0.0713. The first kappa shape index (κ1) is 20.1. The van der Waals surface area contributed by atoms with Gasteiger partial charge in [0.2, 0.25) is 0 Å². The molecule has 0 N–H and O–H groups in total. The summed E-state index contributed by atoms with van der Waals surface area (Å²) in [6.45, 7) is 0. The molecule has 4 aromatic rings. The van der Waals surface area contributed by atoms with Crippen LogP contribution in [0.25, 0.3) is 11.0 Å². The number of hydrogen-bond acceptors (Lipinski definition) is 7. The van der Waals surface area contributed by atoms with Crippen molar-refractivity contribution in [2.24, 2.45) is 5.10 Å². The second kappa shape index (κ2) is 8.39. The summed E-state index contributed by atoms with van der Waals surface area (Å²) in [7, 11) is 3.19. The smallest absolute Gasteiger partial charge is 0.284 e. The second-order valence-electron chi connectivity index (χ2n) is 7.25. The Labute approximate surface area is 189 Å². The molecule has 0 fully saturated rings. The third kappa shape index (κ3) is 3.58. The van der Waals surface area contributed by atoms with E-state index in [2.05, 4.69) is 4.98 Å². The standard InChI is InChI=1S/C24H20N4O3S/c1-30-21-10-9-15(12-22(21)31-2)18-13-20(28(27-18)24(29)23-8-5-11-32-23)19-14-25-16-6-3-4-7-17(16)26-19/h3-12,14,20H,13H2,1-2H3/t20-/m0/s1. The zero-order valence-corrected chi connectivity index (χ0v) is 18.4. The maximum absolute atomic E-state index is 13.3. The zero-order valence-electron chi connectivity index (χ0n) is 17.6. The molecule has 1 aliphatic heterocycles. The molecular weight excluding hydrogens is 424 g/mol. The van der Waals surface area contributed by atoms with E-state index in [1.807, 2.05) is 53.9 Å². The number of thiophene rings is 1. The van der Waals surface area contributed by atoms with Gasteiger partial charge in [0.15, 0.2) is 11.5 Å². The van der Waals surface area contributed by atoms with Crippen LogP contribution in [0.3, 0.4) is 0 Å². The fourth-order valence-electron chi connectivity index (χ4n) is 3.76. The Morgan fingerprint density at radius 1 is 1.03 bits per heavy atom. The Morgan fingerprint density at radius 2 is 1.84 bits per heavy atom. The normalized spacial score (nSPS) is 15.6. The van der Waals surface area contributed by atoms with Gasteiger partial charge < -0.3 is 9.47 Å². The number of aromatic nitrogens is 2. The molecule has 160 valence electrons. The highest BCUT2D eigenvalue weighted by atomic mass is 32.1. The van der Waals surface area contributed by atoms with E-state index in [4.69, 9.17) is 19.6 Å². The molecule has 0 bridgehead atoms. The molecule has 8 heteroatoms. The zero-order chi connectivity index (χ0) is 22.1. The summed E-state index contributed by atoms with van der Waals surface area (Å²) >= 11 is 1.39. The highest BCUT2D eigenvalue weighted by molar-refractivity contribution is 7.12. The van der Waals surface area contributed by atoms with E-state index in [-0.39, 0.29) is 11.9 Å². The number of methoxy groups -OCH3 is 2. The lowest BCUT2D eigenvalue weighted by Crippen LogP contribution is -2.27. The van der Waals surface area contributed by atoms with Gasteiger partial charge in [-0.05, 0) is 41.8 Å². The summed E-state index contributed by atoms with van der Waals surface area (Å²) in [5.74, 6) is 1.09. The Hall–Kier alpha value is -3.78. The molecule has 3 heterocycles. The number of hydrazone groups is 1. The minimum atomic E-state index is -0.357. The van der Waals surface area contributed by atoms with Crippen LogP contribution in [0.5, 0.6) is 11.5 Å². The van der Waals surface area contributed by atoms with Crippen LogP contribution >= 0.6 is 11.3 Å². The van der Waals surface area contributed by atoms with Crippen LogP contribution in [0.1, 0.15) is 33.4 Å². The first-order valence-corrected chi connectivity index (χ1v) is 10.9. The SMILES string of the molecule is COc1ccc(C2=NN(C(=O)c3cccs3)[C@H](c3cnc4ccccc4n3)C2)cc1OC. The average molecular weight is 445 g/mol. The molecule has 0 saturated heterocycles. The maximum atomic E-state index is 13.3. The number of ether oxygens (including phenoxy) is 2. The molecule has 0 aliphatic carbocycles. The van der Waals surface area contributed by atoms with E-state index in [1.165, 1.54) is 16.3 Å². The first-order valence-electron chi connectivity index (χ1n) is 10.1. The number of carbonyl (C=O) groups excluding carboxylic acids is 1. The van der Waals surface area contributed by atoms with Crippen LogP contribution in [-0.2, 0) is 0 Å². The van der Waals surface area contributed by atoms with Crippen molar-refractivity contribution in [2.45, 2.75) is 12.5 Å². The largest absolute Gasteiger partial charge is 0.493 e. The first-order chi connectivity index (χ1) is 15.7. The van der Waals surface area contributed by atoms with Crippen molar-refractivity contribution in [3.05, 3.63) is 82.3 Å². The second-order valence-corrected chi connectivity index (χ2v) is 8.19. The highest BCUT2D eigenvalue weighted by Gasteiger charge is 2.35. The van der Waals surface area contributed by atoms with E-state index in [9.17, 15) is 4.79 Å². The lowest BCUT2D eigenvalue weighted by atomic mass is 10.0. The van der Waals surface area contributed by atoms with E-state index < -0.39 is 0 Å². The van der Waals surface area contributed by atoms with Gasteiger partial charge in [-0.2, -0.15) is 5.10 Å². The number of rotatable bonds is 5. The summed E-state index contributed by atoms with van der Waals surface area (Å²) in [6, 6.07) is 16.6. The van der Waals surface area contributed by atoms with Gasteiger partial charge in [0.1, 0.15) is 6.04 Å². The van der Waals surface area contributed by atoms with Crippen LogP contribution in [-0.4, -0.2) is 40.8 Å². The Morgan fingerprint density at radius 3 is 2.59 bits per heavy atom. The topological polar surface area (TPSA) is 76.9 Å². The number of fused-ring (bicyclic) bond motifs is 1. The van der Waals surface area contributed by atoms with Crippen molar-refractivity contribution in [3.8, 4) is 11.5 Å². The molecule has 7 nitrogen and oxygen atoms in total. The maximum Gasteiger partial charge on any atom is 0.284 e. The Kier molecular flexibility index (Phi) is 5.28. The van der Waals surface area contributed by atoms with Gasteiger partial charge in [-0.3, -0.25) is 9.78 Å². The molecule has 1 aliphatic rings. The number of amides is 1. The summed E-state index contributed by atoms with van der Waals surface area (Å²) in [6.07, 6.45) is 2.24. The van der Waals surface area contributed by atoms with Crippen molar-refractivity contribution >= 4 is 34.0 Å². The van der Waals surface area contributed by atoms with Gasteiger partial charge in [0.25, 0.3) is 5.91 Å². The van der Waals surface area contributed by atoms with Gasteiger partial charge in [-0.1, -0.05) is 18.2 Å². The molecule has 5 rings (SSSR count). The van der Waals surface area contributed by atoms with E-state index >= 15 is 0 Å². The molecule has 2 aromatic carbocycles. The molecule has 0 unspecified atom stereocenters. The third-order valence-corrected chi connectivity index (χ3v) is 6.23. The Bertz CT molecular complexity index is 1320. The quantitative estimate of drug-likeness (QED) is 0.446. The van der Waals surface area contributed by atoms with Crippen LogP contribution < -0.4 is 9.47 Å². The van der Waals surface area contributed by atoms with Crippen molar-refractivity contribution in [1.29, 1.82) is 0 Å². The number of nitrogens with zero attached hydrogens (tertiary/aromatic N) is 4. The average Bonchev–Trinajstić information content (AvgIpc) is 3.53. The monoisotopic (exact) mass is 444 g/mol. The minimum absolute atomic E-state index is 0.157. The lowest BCUT2D eigenvalue weighted by Gasteiger charge is -2.20. The number of carbonyl (C=O) groups is 1. The summed E-state index contributed by atoms with van der Waals surface area (Å²) in [4.78, 5) is 23.3. The van der Waals surface area contributed by atoms with Crippen LogP contribution in [0, 0.1) is 0 Å². The van der Waals surface area contributed by atoms with Gasteiger partial charge in [-0.25, -0.2) is 9.99 Å². The highest BCUT2D eigenvalue weighted by Crippen LogP contribution is 2.36. The molecule has 0 radical (unpaired) electrons. The number of hydrogen-bond donors (Lipinski definition) is 0. The molecule has 32 heavy (non-hydrogen) atoms. The number of benzene rings is 2. The van der Waals surface area contributed by atoms with Gasteiger partial charge in [0, 0.05) is 12.0 Å². The van der Waals surface area contributed by atoms with Crippen molar-refractivity contribution in [1.82, 2.24) is 15.0 Å². The fourth-order valence-corrected chi connectivity index (χ4v) is 4.42. The van der Waals surface area contributed by atoms with Crippen LogP contribution in [0.4, 0.5) is 0 Å². The van der Waals surface area contributed by atoms with E-state index in [0.717, 1.165) is 22.3 Å². The molecule has 0 spiro atoms.